The zero-order valence-corrected chi connectivity index (χ0v) is 20.3. The molecule has 1 aliphatic rings. The molecule has 0 aliphatic heterocycles. The van der Waals surface area contributed by atoms with Crippen molar-refractivity contribution in [2.75, 3.05) is 13.1 Å². The third-order valence-corrected chi connectivity index (χ3v) is 7.57. The zero-order valence-electron chi connectivity index (χ0n) is 18.8. The molecule has 1 saturated carbocycles. The van der Waals surface area contributed by atoms with Crippen molar-refractivity contribution in [3.63, 3.8) is 0 Å². The minimum atomic E-state index is -0.603. The van der Waals surface area contributed by atoms with Gasteiger partial charge in [-0.15, -0.1) is 0 Å². The van der Waals surface area contributed by atoms with Gasteiger partial charge in [-0.25, -0.2) is 0 Å². The number of nitriles is 1. The molecule has 2 nitrogen and oxygen atoms in total. The lowest BCUT2D eigenvalue weighted by molar-refractivity contribution is 0.207. The van der Waals surface area contributed by atoms with Gasteiger partial charge in [-0.05, 0) is 76.1 Å². The predicted molar refractivity (Wildman–Crippen MR) is 132 cm³/mol. The Morgan fingerprint density at radius 3 is 2.23 bits per heavy atom. The summed E-state index contributed by atoms with van der Waals surface area (Å²) in [7, 11) is 0. The first-order chi connectivity index (χ1) is 15.0. The molecule has 0 saturated heterocycles. The lowest BCUT2D eigenvalue weighted by Gasteiger charge is -2.36. The zero-order chi connectivity index (χ0) is 22.3. The van der Waals surface area contributed by atoms with Crippen molar-refractivity contribution in [1.29, 1.82) is 5.26 Å². The molecule has 31 heavy (non-hydrogen) atoms. The second kappa shape index (κ2) is 11.4. The summed E-state index contributed by atoms with van der Waals surface area (Å²) in [6, 6.07) is 19.5. The lowest BCUT2D eigenvalue weighted by atomic mass is 9.67. The first-order valence-corrected chi connectivity index (χ1v) is 12.4. The maximum absolute atomic E-state index is 10.5. The topological polar surface area (TPSA) is 27.0 Å². The molecule has 0 heterocycles. The van der Waals surface area contributed by atoms with Gasteiger partial charge in [0, 0.05) is 28.2 Å². The Labute approximate surface area is 198 Å². The van der Waals surface area contributed by atoms with E-state index in [1.807, 2.05) is 18.2 Å². The third kappa shape index (κ3) is 5.83. The van der Waals surface area contributed by atoms with Crippen LogP contribution in [0.15, 0.2) is 48.5 Å². The normalized spacial score (nSPS) is 16.5. The summed E-state index contributed by atoms with van der Waals surface area (Å²) < 4.78 is 0. The van der Waals surface area contributed by atoms with E-state index in [1.165, 1.54) is 18.4 Å². The molecule has 0 spiro atoms. The van der Waals surface area contributed by atoms with Crippen molar-refractivity contribution in [1.82, 2.24) is 4.90 Å². The molecule has 0 amide bonds. The number of rotatable bonds is 10. The van der Waals surface area contributed by atoms with Crippen LogP contribution >= 0.6 is 23.2 Å². The highest BCUT2D eigenvalue weighted by Crippen LogP contribution is 2.49. The maximum Gasteiger partial charge on any atom is 0.0879 e. The molecule has 1 unspecified atom stereocenters. The monoisotopic (exact) mass is 456 g/mol. The van der Waals surface area contributed by atoms with Crippen LogP contribution in [-0.2, 0) is 11.8 Å². The van der Waals surface area contributed by atoms with Gasteiger partial charge in [-0.1, -0.05) is 72.4 Å². The number of halogens is 2. The standard InChI is InChI=1S/C27H34Cl2N2/c1-21(2)31(19-16-22-10-4-3-5-11-22)18-9-17-27(20-30,23-12-6-7-13-23)26-24(28)14-8-15-25(26)29/h3-5,8,10-11,14-15,21,23H,6-7,9,12-13,16-19H2,1-2H3. The molecule has 2 aromatic carbocycles. The molecular formula is C27H34Cl2N2. The highest BCUT2D eigenvalue weighted by molar-refractivity contribution is 6.36. The third-order valence-electron chi connectivity index (χ3n) is 6.94. The predicted octanol–water partition coefficient (Wildman–Crippen LogP) is 7.68. The largest absolute Gasteiger partial charge is 0.301 e. The van der Waals surface area contributed by atoms with Gasteiger partial charge in [-0.3, -0.25) is 0 Å². The summed E-state index contributed by atoms with van der Waals surface area (Å²) >= 11 is 13.3. The summed E-state index contributed by atoms with van der Waals surface area (Å²) in [5.41, 5.74) is 1.62. The van der Waals surface area contributed by atoms with Gasteiger partial charge < -0.3 is 4.90 Å². The van der Waals surface area contributed by atoms with Crippen molar-refractivity contribution in [3.8, 4) is 6.07 Å². The molecule has 0 N–H and O–H groups in total. The lowest BCUT2D eigenvalue weighted by Crippen LogP contribution is -2.37. The van der Waals surface area contributed by atoms with Crippen LogP contribution in [0.1, 0.15) is 63.5 Å². The van der Waals surface area contributed by atoms with Gasteiger partial charge in [0.05, 0.1) is 11.5 Å². The van der Waals surface area contributed by atoms with E-state index in [0.717, 1.165) is 50.8 Å². The Morgan fingerprint density at radius 2 is 1.65 bits per heavy atom. The molecule has 166 valence electrons. The molecule has 0 aromatic heterocycles. The Kier molecular flexibility index (Phi) is 8.85. The van der Waals surface area contributed by atoms with Gasteiger partial charge in [0.15, 0.2) is 0 Å². The van der Waals surface area contributed by atoms with E-state index in [-0.39, 0.29) is 0 Å². The number of benzene rings is 2. The Bertz CT molecular complexity index is 848. The number of hydrogen-bond acceptors (Lipinski definition) is 2. The molecule has 1 atom stereocenters. The van der Waals surface area contributed by atoms with E-state index in [9.17, 15) is 5.26 Å². The van der Waals surface area contributed by atoms with E-state index in [4.69, 9.17) is 23.2 Å². The van der Waals surface area contributed by atoms with Crippen LogP contribution in [0.3, 0.4) is 0 Å². The number of hydrogen-bond donors (Lipinski definition) is 0. The summed E-state index contributed by atoms with van der Waals surface area (Å²) in [4.78, 5) is 2.53. The first kappa shape index (κ1) is 24.1. The van der Waals surface area contributed by atoms with Crippen LogP contribution in [0.25, 0.3) is 0 Å². The Morgan fingerprint density at radius 1 is 1.00 bits per heavy atom. The van der Waals surface area contributed by atoms with Crippen molar-refractivity contribution < 1.29 is 0 Å². The molecule has 2 aromatic rings. The summed E-state index contributed by atoms with van der Waals surface area (Å²) in [6.07, 6.45) is 7.33. The highest BCUT2D eigenvalue weighted by atomic mass is 35.5. The van der Waals surface area contributed by atoms with E-state index in [1.54, 1.807) is 0 Å². The number of nitrogens with zero attached hydrogens (tertiary/aromatic N) is 2. The van der Waals surface area contributed by atoms with Crippen LogP contribution in [-0.4, -0.2) is 24.0 Å². The fraction of sp³-hybridized carbons (Fsp3) is 0.519. The van der Waals surface area contributed by atoms with Crippen LogP contribution in [0, 0.1) is 17.2 Å². The fourth-order valence-corrected chi connectivity index (χ4v) is 5.92. The van der Waals surface area contributed by atoms with Crippen LogP contribution in [0.5, 0.6) is 0 Å². The van der Waals surface area contributed by atoms with Crippen LogP contribution < -0.4 is 0 Å². The quantitative estimate of drug-likeness (QED) is 0.366. The average molecular weight is 457 g/mol. The highest BCUT2D eigenvalue weighted by Gasteiger charge is 2.44. The van der Waals surface area contributed by atoms with Gasteiger partial charge in [0.25, 0.3) is 0 Å². The summed E-state index contributed by atoms with van der Waals surface area (Å²) in [6.45, 7) is 6.51. The van der Waals surface area contributed by atoms with E-state index >= 15 is 0 Å². The van der Waals surface area contributed by atoms with Crippen molar-refractivity contribution in [3.05, 3.63) is 69.7 Å². The Balaban J connectivity index is 1.74. The smallest absolute Gasteiger partial charge is 0.0879 e. The second-order valence-electron chi connectivity index (χ2n) is 9.13. The van der Waals surface area contributed by atoms with Gasteiger partial charge in [-0.2, -0.15) is 5.26 Å². The molecule has 1 aliphatic carbocycles. The van der Waals surface area contributed by atoms with Gasteiger partial charge in [0.1, 0.15) is 0 Å². The molecule has 3 rings (SSSR count). The van der Waals surface area contributed by atoms with Crippen LogP contribution in [0.4, 0.5) is 0 Å². The molecule has 4 heteroatoms. The molecule has 1 fully saturated rings. The second-order valence-corrected chi connectivity index (χ2v) is 9.94. The van der Waals surface area contributed by atoms with E-state index in [0.29, 0.717) is 22.0 Å². The molecule has 0 bridgehead atoms. The van der Waals surface area contributed by atoms with Crippen molar-refractivity contribution >= 4 is 23.2 Å². The molecular weight excluding hydrogens is 423 g/mol. The molecule has 0 radical (unpaired) electrons. The minimum absolute atomic E-state index is 0.326. The van der Waals surface area contributed by atoms with Crippen molar-refractivity contribution in [2.24, 2.45) is 5.92 Å². The van der Waals surface area contributed by atoms with E-state index < -0.39 is 5.41 Å². The first-order valence-electron chi connectivity index (χ1n) is 11.6. The fourth-order valence-electron chi connectivity index (χ4n) is 5.19. The van der Waals surface area contributed by atoms with E-state index in [2.05, 4.69) is 55.1 Å². The average Bonchev–Trinajstić information content (AvgIpc) is 3.30. The van der Waals surface area contributed by atoms with Crippen LogP contribution in [0.2, 0.25) is 10.0 Å². The minimum Gasteiger partial charge on any atom is -0.301 e. The Hall–Kier alpha value is -1.53. The summed E-state index contributed by atoms with van der Waals surface area (Å²) in [5, 5.41) is 11.7. The maximum atomic E-state index is 10.5. The summed E-state index contributed by atoms with van der Waals surface area (Å²) in [5.74, 6) is 0.326. The van der Waals surface area contributed by atoms with Crippen molar-refractivity contribution in [2.45, 2.75) is 70.3 Å². The SMILES string of the molecule is CC(C)N(CCCC(C#N)(c1c(Cl)cccc1Cl)C1CCCC1)CCc1ccccc1. The van der Waals surface area contributed by atoms with Gasteiger partial charge in [0.2, 0.25) is 0 Å². The van der Waals surface area contributed by atoms with Gasteiger partial charge >= 0.3 is 0 Å².